The van der Waals surface area contributed by atoms with Crippen molar-refractivity contribution in [3.63, 3.8) is 0 Å². The lowest BCUT2D eigenvalue weighted by Gasteiger charge is -2.08. The van der Waals surface area contributed by atoms with E-state index in [-0.39, 0.29) is 24.0 Å². The molecule has 0 spiro atoms. The van der Waals surface area contributed by atoms with E-state index in [1.165, 1.54) is 36.4 Å². The van der Waals surface area contributed by atoms with E-state index in [4.69, 9.17) is 9.47 Å². The first-order valence-electron chi connectivity index (χ1n) is 8.97. The molecule has 0 aromatic heterocycles. The highest BCUT2D eigenvalue weighted by atomic mass is 16.6. The van der Waals surface area contributed by atoms with E-state index >= 15 is 0 Å². The number of non-ortho nitro benzene ring substituents is 1. The smallest absolute Gasteiger partial charge is 0.349 e. The number of hydrogen-bond acceptors (Lipinski definition) is 6. The van der Waals surface area contributed by atoms with Gasteiger partial charge >= 0.3 is 5.97 Å². The number of amides is 1. The van der Waals surface area contributed by atoms with E-state index in [2.05, 4.69) is 5.32 Å². The van der Waals surface area contributed by atoms with Crippen molar-refractivity contribution in [1.29, 1.82) is 0 Å². The normalized spacial score (nSPS) is 10.2. The van der Waals surface area contributed by atoms with E-state index in [1.54, 1.807) is 12.1 Å². The van der Waals surface area contributed by atoms with E-state index < -0.39 is 10.9 Å². The molecule has 0 bridgehead atoms. The summed E-state index contributed by atoms with van der Waals surface area (Å²) in [5.74, 6) is -0.358. The Morgan fingerprint density at radius 1 is 0.900 bits per heavy atom. The first-order valence-corrected chi connectivity index (χ1v) is 8.97. The molecule has 152 valence electrons. The topological polar surface area (TPSA) is 108 Å². The van der Waals surface area contributed by atoms with Crippen molar-refractivity contribution in [3.05, 3.63) is 94.0 Å². The van der Waals surface area contributed by atoms with Crippen LogP contribution in [0.2, 0.25) is 0 Å². The fourth-order valence-electron chi connectivity index (χ4n) is 2.48. The summed E-state index contributed by atoms with van der Waals surface area (Å²) in [4.78, 5) is 34.3. The SMILES string of the molecule is Cc1ccc(NC(=O)c2ccc(OC(=O)COc3ccc([N+](=O)[O-])cc3)cc2)cc1. The minimum atomic E-state index is -0.648. The quantitative estimate of drug-likeness (QED) is 0.273. The van der Waals surface area contributed by atoms with Crippen LogP contribution in [0.1, 0.15) is 15.9 Å². The summed E-state index contributed by atoms with van der Waals surface area (Å²) in [5.41, 5.74) is 2.12. The third-order valence-electron chi connectivity index (χ3n) is 4.06. The molecule has 0 aliphatic heterocycles. The highest BCUT2D eigenvalue weighted by molar-refractivity contribution is 6.04. The van der Waals surface area contributed by atoms with E-state index in [0.29, 0.717) is 17.0 Å². The van der Waals surface area contributed by atoms with Crippen LogP contribution < -0.4 is 14.8 Å². The summed E-state index contributed by atoms with van der Waals surface area (Å²) >= 11 is 0. The zero-order valence-electron chi connectivity index (χ0n) is 16.0. The number of aryl methyl sites for hydroxylation is 1. The first kappa shape index (κ1) is 20.5. The van der Waals surface area contributed by atoms with Crippen molar-refractivity contribution in [1.82, 2.24) is 0 Å². The summed E-state index contributed by atoms with van der Waals surface area (Å²) in [6.45, 7) is 1.59. The van der Waals surface area contributed by atoms with Gasteiger partial charge in [0.2, 0.25) is 0 Å². The summed E-state index contributed by atoms with van der Waals surface area (Å²) < 4.78 is 10.4. The third-order valence-corrected chi connectivity index (χ3v) is 4.06. The van der Waals surface area contributed by atoms with Crippen molar-refractivity contribution >= 4 is 23.3 Å². The van der Waals surface area contributed by atoms with E-state index in [1.807, 2.05) is 31.2 Å². The van der Waals surface area contributed by atoms with Gasteiger partial charge in [-0.3, -0.25) is 14.9 Å². The molecule has 0 aliphatic carbocycles. The first-order chi connectivity index (χ1) is 14.4. The van der Waals surface area contributed by atoms with Crippen molar-refractivity contribution in [3.8, 4) is 11.5 Å². The maximum atomic E-state index is 12.3. The van der Waals surface area contributed by atoms with Crippen LogP contribution in [0.3, 0.4) is 0 Å². The second-order valence-electron chi connectivity index (χ2n) is 6.36. The molecule has 0 aliphatic rings. The van der Waals surface area contributed by atoms with Crippen LogP contribution in [0.25, 0.3) is 0 Å². The van der Waals surface area contributed by atoms with Gasteiger partial charge in [-0.05, 0) is 55.5 Å². The molecule has 0 fully saturated rings. The van der Waals surface area contributed by atoms with Crippen LogP contribution in [0, 0.1) is 17.0 Å². The highest BCUT2D eigenvalue weighted by Crippen LogP contribution is 2.18. The lowest BCUT2D eigenvalue weighted by Crippen LogP contribution is -2.18. The molecule has 30 heavy (non-hydrogen) atoms. The number of nitrogens with one attached hydrogen (secondary N) is 1. The monoisotopic (exact) mass is 406 g/mol. The number of rotatable bonds is 7. The van der Waals surface area contributed by atoms with Gasteiger partial charge in [0.15, 0.2) is 6.61 Å². The number of hydrogen-bond donors (Lipinski definition) is 1. The molecule has 0 atom stereocenters. The largest absolute Gasteiger partial charge is 0.482 e. The van der Waals surface area contributed by atoms with Gasteiger partial charge in [0.1, 0.15) is 11.5 Å². The number of esters is 1. The zero-order valence-corrected chi connectivity index (χ0v) is 16.0. The molecule has 0 unspecified atom stereocenters. The molecule has 1 N–H and O–H groups in total. The van der Waals surface area contributed by atoms with Gasteiger partial charge in [-0.15, -0.1) is 0 Å². The Hall–Kier alpha value is -4.20. The molecular weight excluding hydrogens is 388 g/mol. The van der Waals surface area contributed by atoms with Crippen LogP contribution in [0.4, 0.5) is 11.4 Å². The molecule has 0 saturated carbocycles. The Balaban J connectivity index is 1.50. The zero-order chi connectivity index (χ0) is 21.5. The third kappa shape index (κ3) is 5.65. The van der Waals surface area contributed by atoms with Gasteiger partial charge < -0.3 is 14.8 Å². The van der Waals surface area contributed by atoms with Crippen molar-refractivity contribution < 1.29 is 24.0 Å². The standard InChI is InChI=1S/C22H18N2O6/c1-15-2-6-17(7-3-15)23-22(26)16-4-10-20(11-5-16)30-21(25)14-29-19-12-8-18(9-13-19)24(27)28/h2-13H,14H2,1H3,(H,23,26). The number of benzene rings is 3. The van der Waals surface area contributed by atoms with Crippen LogP contribution in [-0.4, -0.2) is 23.4 Å². The van der Waals surface area contributed by atoms with Crippen molar-refractivity contribution in [2.75, 3.05) is 11.9 Å². The fourth-order valence-corrected chi connectivity index (χ4v) is 2.48. The van der Waals surface area contributed by atoms with Gasteiger partial charge in [-0.1, -0.05) is 17.7 Å². The maximum absolute atomic E-state index is 12.3. The Labute approximate surface area is 172 Å². The molecular formula is C22H18N2O6. The molecule has 3 aromatic carbocycles. The number of carbonyl (C=O) groups is 2. The number of anilines is 1. The van der Waals surface area contributed by atoms with Crippen LogP contribution >= 0.6 is 0 Å². The van der Waals surface area contributed by atoms with E-state index in [9.17, 15) is 19.7 Å². The molecule has 0 radical (unpaired) electrons. The molecule has 8 nitrogen and oxygen atoms in total. The number of carbonyl (C=O) groups excluding carboxylic acids is 2. The van der Waals surface area contributed by atoms with Crippen molar-refractivity contribution in [2.24, 2.45) is 0 Å². The number of ether oxygens (including phenoxy) is 2. The number of nitro groups is 1. The molecule has 3 aromatic rings. The Morgan fingerprint density at radius 3 is 2.10 bits per heavy atom. The minimum absolute atomic E-state index is 0.0727. The Kier molecular flexibility index (Phi) is 6.39. The highest BCUT2D eigenvalue weighted by Gasteiger charge is 2.10. The van der Waals surface area contributed by atoms with Gasteiger partial charge in [0.05, 0.1) is 4.92 Å². The molecule has 0 saturated heterocycles. The predicted molar refractivity (Wildman–Crippen MR) is 110 cm³/mol. The second kappa shape index (κ2) is 9.33. The van der Waals surface area contributed by atoms with Crippen LogP contribution in [0.5, 0.6) is 11.5 Å². The molecule has 8 heteroatoms. The van der Waals surface area contributed by atoms with Crippen molar-refractivity contribution in [2.45, 2.75) is 6.92 Å². The lowest BCUT2D eigenvalue weighted by atomic mass is 10.2. The summed E-state index contributed by atoms with van der Waals surface area (Å²) in [6.07, 6.45) is 0. The molecule has 0 heterocycles. The minimum Gasteiger partial charge on any atom is -0.482 e. The molecule has 1 amide bonds. The van der Waals surface area contributed by atoms with Gasteiger partial charge in [0, 0.05) is 23.4 Å². The second-order valence-corrected chi connectivity index (χ2v) is 6.36. The van der Waals surface area contributed by atoms with E-state index in [0.717, 1.165) is 5.56 Å². The average Bonchev–Trinajstić information content (AvgIpc) is 2.74. The number of nitrogens with zero attached hydrogens (tertiary/aromatic N) is 1. The van der Waals surface area contributed by atoms with Gasteiger partial charge in [0.25, 0.3) is 11.6 Å². The number of nitro benzene ring substituents is 1. The lowest BCUT2D eigenvalue weighted by molar-refractivity contribution is -0.384. The summed E-state index contributed by atoms with van der Waals surface area (Å²) in [6, 6.07) is 18.9. The Bertz CT molecular complexity index is 1040. The Morgan fingerprint density at radius 2 is 1.50 bits per heavy atom. The summed E-state index contributed by atoms with van der Waals surface area (Å²) in [5, 5.41) is 13.4. The van der Waals surface area contributed by atoms with Gasteiger partial charge in [-0.2, -0.15) is 0 Å². The molecule has 3 rings (SSSR count). The predicted octanol–water partition coefficient (Wildman–Crippen LogP) is 4.14. The average molecular weight is 406 g/mol. The maximum Gasteiger partial charge on any atom is 0.349 e. The fraction of sp³-hybridized carbons (Fsp3) is 0.0909. The van der Waals surface area contributed by atoms with Gasteiger partial charge in [-0.25, -0.2) is 4.79 Å². The summed E-state index contributed by atoms with van der Waals surface area (Å²) in [7, 11) is 0. The van der Waals surface area contributed by atoms with Crippen LogP contribution in [-0.2, 0) is 4.79 Å². The van der Waals surface area contributed by atoms with Crippen LogP contribution in [0.15, 0.2) is 72.8 Å².